The van der Waals surface area contributed by atoms with Gasteiger partial charge in [0.05, 0.1) is 11.9 Å². The number of β-amino-alcohol motifs (C(OH)–C–C–N with tert-alkyl or cyclic N) is 1. The lowest BCUT2D eigenvalue weighted by molar-refractivity contribution is -0.0290. The van der Waals surface area contributed by atoms with Crippen molar-refractivity contribution in [2.75, 3.05) is 33.2 Å². The van der Waals surface area contributed by atoms with E-state index in [1.165, 1.54) is 18.1 Å². The van der Waals surface area contributed by atoms with E-state index in [0.717, 1.165) is 43.3 Å². The molecule has 2 N–H and O–H groups in total. The summed E-state index contributed by atoms with van der Waals surface area (Å²) in [6.07, 6.45) is 3.89. The Hall–Kier alpha value is -1.84. The molecule has 8 nitrogen and oxygen atoms in total. The van der Waals surface area contributed by atoms with Crippen molar-refractivity contribution in [3.63, 3.8) is 0 Å². The van der Waals surface area contributed by atoms with Crippen LogP contribution < -0.4 is 0 Å². The number of aliphatic hydroxyl groups is 1. The van der Waals surface area contributed by atoms with Gasteiger partial charge in [-0.25, -0.2) is 4.98 Å². The summed E-state index contributed by atoms with van der Waals surface area (Å²) in [7, 11) is 2.06. The van der Waals surface area contributed by atoms with Gasteiger partial charge in [0.1, 0.15) is 12.1 Å². The molecule has 1 amide bonds. The number of aromatic nitrogens is 3. The Morgan fingerprint density at radius 1 is 1.44 bits per heavy atom. The molecule has 27 heavy (non-hydrogen) atoms. The first kappa shape index (κ1) is 18.5. The number of nitrogens with one attached hydrogen (secondary N) is 1. The molecule has 1 unspecified atom stereocenters. The van der Waals surface area contributed by atoms with Crippen LogP contribution in [0.3, 0.4) is 0 Å². The van der Waals surface area contributed by atoms with Crippen LogP contribution in [0.5, 0.6) is 0 Å². The van der Waals surface area contributed by atoms with Gasteiger partial charge >= 0.3 is 0 Å². The van der Waals surface area contributed by atoms with Crippen LogP contribution in [-0.2, 0) is 5.75 Å². The van der Waals surface area contributed by atoms with Crippen molar-refractivity contribution in [3.05, 3.63) is 30.0 Å². The first-order valence-electron chi connectivity index (χ1n) is 9.26. The van der Waals surface area contributed by atoms with Crippen molar-refractivity contribution in [1.29, 1.82) is 0 Å². The van der Waals surface area contributed by atoms with Gasteiger partial charge < -0.3 is 19.3 Å². The number of thioether (sulfide) groups is 1. The maximum absolute atomic E-state index is 12.8. The van der Waals surface area contributed by atoms with Crippen LogP contribution in [-0.4, -0.2) is 75.3 Å². The number of aliphatic hydroxyl groups excluding tert-OH is 1. The van der Waals surface area contributed by atoms with Crippen LogP contribution >= 0.6 is 11.8 Å². The molecule has 0 aliphatic carbocycles. The highest BCUT2D eigenvalue weighted by atomic mass is 32.2. The fraction of sp³-hybridized carbons (Fsp3) is 0.611. The number of rotatable bonds is 4. The third-order valence-corrected chi connectivity index (χ3v) is 6.42. The number of carbonyl (C=O) groups excluding carboxylic acids is 1. The molecular formula is C18H25N5O3S. The number of piperidine rings is 2. The van der Waals surface area contributed by atoms with Gasteiger partial charge in [-0.05, 0) is 43.9 Å². The van der Waals surface area contributed by atoms with E-state index in [2.05, 4.69) is 27.1 Å². The monoisotopic (exact) mass is 391 g/mol. The van der Waals surface area contributed by atoms with Gasteiger partial charge in [-0.3, -0.25) is 9.89 Å². The molecule has 2 fully saturated rings. The fourth-order valence-corrected chi connectivity index (χ4v) is 4.97. The Morgan fingerprint density at radius 3 is 2.96 bits per heavy atom. The summed E-state index contributed by atoms with van der Waals surface area (Å²) in [6.45, 7) is 3.16. The molecule has 2 aromatic rings. The number of amides is 1. The molecule has 4 heterocycles. The third-order valence-electron chi connectivity index (χ3n) is 5.52. The van der Waals surface area contributed by atoms with E-state index in [0.29, 0.717) is 24.6 Å². The van der Waals surface area contributed by atoms with E-state index in [9.17, 15) is 9.90 Å². The van der Waals surface area contributed by atoms with E-state index >= 15 is 0 Å². The second-order valence-corrected chi connectivity index (χ2v) is 8.66. The summed E-state index contributed by atoms with van der Waals surface area (Å²) < 4.78 is 5.75. The van der Waals surface area contributed by atoms with Crippen molar-refractivity contribution in [3.8, 4) is 0 Å². The molecule has 1 atom stereocenters. The van der Waals surface area contributed by atoms with E-state index < -0.39 is 0 Å². The number of likely N-dealkylation sites (N-methyl/N-ethyl adjacent to an activating group) is 1. The molecule has 9 heteroatoms. The summed E-state index contributed by atoms with van der Waals surface area (Å²) in [5.41, 5.74) is 0.130. The molecule has 4 rings (SSSR count). The van der Waals surface area contributed by atoms with Gasteiger partial charge in [-0.1, -0.05) is 11.8 Å². The lowest BCUT2D eigenvalue weighted by Crippen LogP contribution is -2.53. The zero-order valence-electron chi connectivity index (χ0n) is 15.4. The van der Waals surface area contributed by atoms with Gasteiger partial charge in [0, 0.05) is 26.2 Å². The van der Waals surface area contributed by atoms with Gasteiger partial charge in [0.2, 0.25) is 0 Å². The van der Waals surface area contributed by atoms with Crippen molar-refractivity contribution >= 4 is 17.7 Å². The topological polar surface area (TPSA) is 98.5 Å². The Labute approximate surface area is 162 Å². The van der Waals surface area contributed by atoms with Crippen LogP contribution in [0.25, 0.3) is 0 Å². The number of aromatic amines is 1. The van der Waals surface area contributed by atoms with Crippen molar-refractivity contribution in [2.45, 2.75) is 36.3 Å². The number of carbonyl (C=O) groups is 1. The highest BCUT2D eigenvalue weighted by Gasteiger charge is 2.41. The predicted octanol–water partition coefficient (Wildman–Crippen LogP) is 1.61. The summed E-state index contributed by atoms with van der Waals surface area (Å²) in [6, 6.07) is 3.59. The molecule has 0 radical (unpaired) electrons. The maximum atomic E-state index is 12.8. The molecule has 0 bridgehead atoms. The summed E-state index contributed by atoms with van der Waals surface area (Å²) in [5.74, 6) is 1.67. The van der Waals surface area contributed by atoms with Crippen LogP contribution in [0.15, 0.2) is 28.0 Å². The average Bonchev–Trinajstić information content (AvgIpc) is 3.31. The zero-order chi connectivity index (χ0) is 18.9. The number of nitrogens with zero attached hydrogens (tertiary/aromatic N) is 4. The molecule has 146 valence electrons. The number of furan rings is 1. The minimum Gasteiger partial charge on any atom is -0.455 e. The smallest absolute Gasteiger partial charge is 0.289 e. The van der Waals surface area contributed by atoms with Crippen molar-refractivity contribution in [1.82, 2.24) is 25.0 Å². The second kappa shape index (κ2) is 7.65. The number of hydrogen-bond acceptors (Lipinski definition) is 7. The summed E-state index contributed by atoms with van der Waals surface area (Å²) in [5, 5.41) is 17.4. The largest absolute Gasteiger partial charge is 0.455 e. The van der Waals surface area contributed by atoms with Gasteiger partial charge in [0.15, 0.2) is 10.9 Å². The molecule has 1 spiro atoms. The van der Waals surface area contributed by atoms with Gasteiger partial charge in [0.25, 0.3) is 5.91 Å². The van der Waals surface area contributed by atoms with Crippen LogP contribution in [0.1, 0.15) is 35.6 Å². The number of hydrogen-bond donors (Lipinski definition) is 2. The molecule has 2 aliphatic heterocycles. The van der Waals surface area contributed by atoms with Gasteiger partial charge in [-0.15, -0.1) is 0 Å². The van der Waals surface area contributed by atoms with E-state index in [1.807, 2.05) is 11.0 Å². The van der Waals surface area contributed by atoms with Gasteiger partial charge in [-0.2, -0.15) is 5.10 Å². The highest BCUT2D eigenvalue weighted by Crippen LogP contribution is 2.39. The normalized spacial score (nSPS) is 23.0. The summed E-state index contributed by atoms with van der Waals surface area (Å²) in [4.78, 5) is 20.9. The highest BCUT2D eigenvalue weighted by molar-refractivity contribution is 7.98. The van der Waals surface area contributed by atoms with E-state index in [1.54, 1.807) is 6.07 Å². The Bertz CT molecular complexity index is 758. The standard InChI is InChI=1S/C18H25N5O3S/c1-22-9-13(24)8-18(11-22)4-6-23(7-5-18)16(25)15-3-2-14(26-15)10-27-17-19-12-20-21-17/h2-3,12-13,24H,4-11H2,1H3,(H,19,20,21). The molecule has 0 saturated carbocycles. The first-order chi connectivity index (χ1) is 13.0. The average molecular weight is 391 g/mol. The van der Waals surface area contributed by atoms with Crippen molar-refractivity contribution < 1.29 is 14.3 Å². The molecular weight excluding hydrogens is 366 g/mol. The Morgan fingerprint density at radius 2 is 2.26 bits per heavy atom. The van der Waals surface area contributed by atoms with E-state index in [4.69, 9.17) is 4.42 Å². The maximum Gasteiger partial charge on any atom is 0.289 e. The first-order valence-corrected chi connectivity index (χ1v) is 10.2. The quantitative estimate of drug-likeness (QED) is 0.764. The molecule has 2 saturated heterocycles. The fourth-order valence-electron chi connectivity index (χ4n) is 4.30. The molecule has 2 aromatic heterocycles. The van der Waals surface area contributed by atoms with E-state index in [-0.39, 0.29) is 17.4 Å². The predicted molar refractivity (Wildman–Crippen MR) is 100 cm³/mol. The number of H-pyrrole nitrogens is 1. The number of likely N-dealkylation sites (tertiary alicyclic amines) is 2. The second-order valence-electron chi connectivity index (χ2n) is 7.69. The van der Waals surface area contributed by atoms with Crippen LogP contribution in [0.4, 0.5) is 0 Å². The Balaban J connectivity index is 1.33. The summed E-state index contributed by atoms with van der Waals surface area (Å²) >= 11 is 1.48. The van der Waals surface area contributed by atoms with Crippen LogP contribution in [0.2, 0.25) is 0 Å². The lowest BCUT2D eigenvalue weighted by Gasteiger charge is -2.48. The van der Waals surface area contributed by atoms with Crippen molar-refractivity contribution in [2.24, 2.45) is 5.41 Å². The molecule has 0 aromatic carbocycles. The minimum absolute atomic E-state index is 0.0505. The third kappa shape index (κ3) is 4.20. The van der Waals surface area contributed by atoms with Crippen LogP contribution in [0, 0.1) is 5.41 Å². The SMILES string of the molecule is CN1CC(O)CC2(CCN(C(=O)c3ccc(CSc4ncn[nH]4)o3)CC2)C1. The zero-order valence-corrected chi connectivity index (χ0v) is 16.2. The minimum atomic E-state index is -0.263. The Kier molecular flexibility index (Phi) is 5.25. The lowest BCUT2D eigenvalue weighted by atomic mass is 9.71. The molecule has 2 aliphatic rings.